The van der Waals surface area contributed by atoms with Crippen LogP contribution in [0.25, 0.3) is 0 Å². The Morgan fingerprint density at radius 1 is 1.89 bits per heavy atom. The quantitative estimate of drug-likeness (QED) is 0.622. The number of aryl methyl sites for hydroxylation is 1. The summed E-state index contributed by atoms with van der Waals surface area (Å²) in [6.45, 7) is 1.81. The van der Waals surface area contributed by atoms with E-state index in [2.05, 4.69) is 4.37 Å². The zero-order valence-electron chi connectivity index (χ0n) is 4.92. The van der Waals surface area contributed by atoms with Crippen LogP contribution in [0.5, 0.6) is 0 Å². The van der Waals surface area contributed by atoms with E-state index in [9.17, 15) is 4.79 Å². The third kappa shape index (κ3) is 1.08. The summed E-state index contributed by atoms with van der Waals surface area (Å²) in [6.07, 6.45) is 0. The van der Waals surface area contributed by atoms with Crippen LogP contribution in [0.3, 0.4) is 0 Å². The van der Waals surface area contributed by atoms with Crippen LogP contribution in [0.2, 0.25) is 0 Å². The van der Waals surface area contributed by atoms with Gasteiger partial charge in [-0.1, -0.05) is 0 Å². The Morgan fingerprint density at radius 2 is 2.56 bits per heavy atom. The first-order valence-corrected chi connectivity index (χ1v) is 3.26. The van der Waals surface area contributed by atoms with Crippen molar-refractivity contribution in [2.24, 2.45) is 5.73 Å². The van der Waals surface area contributed by atoms with Gasteiger partial charge in [0.1, 0.15) is 5.69 Å². The van der Waals surface area contributed by atoms with E-state index in [0.29, 0.717) is 5.69 Å². The van der Waals surface area contributed by atoms with Crippen LogP contribution in [0.1, 0.15) is 16.1 Å². The zero-order chi connectivity index (χ0) is 6.85. The van der Waals surface area contributed by atoms with E-state index in [1.165, 1.54) is 11.5 Å². The standard InChI is InChI=1S/C5H6N2OS/c1-3-2-9-7-4(3)5(6)8/h2H,1H3,(H2,6,8). The Balaban J connectivity index is 3.08. The van der Waals surface area contributed by atoms with Gasteiger partial charge >= 0.3 is 0 Å². The predicted molar refractivity (Wildman–Crippen MR) is 35.4 cm³/mol. The summed E-state index contributed by atoms with van der Waals surface area (Å²) in [5.41, 5.74) is 6.21. The molecule has 1 rings (SSSR count). The second-order valence-corrected chi connectivity index (χ2v) is 2.34. The summed E-state index contributed by atoms with van der Waals surface area (Å²) in [7, 11) is 0. The number of hydrogen-bond donors (Lipinski definition) is 1. The Hall–Kier alpha value is -0.900. The monoisotopic (exact) mass is 142 g/mol. The minimum absolute atomic E-state index is 0.389. The second kappa shape index (κ2) is 2.14. The van der Waals surface area contributed by atoms with Crippen LogP contribution in [0, 0.1) is 6.92 Å². The summed E-state index contributed by atoms with van der Waals surface area (Å²) in [5, 5.41) is 1.79. The Labute approximate surface area is 56.7 Å². The van der Waals surface area contributed by atoms with Crippen molar-refractivity contribution in [3.63, 3.8) is 0 Å². The van der Waals surface area contributed by atoms with Gasteiger partial charge in [0.05, 0.1) is 0 Å². The lowest BCUT2D eigenvalue weighted by Gasteiger charge is -1.85. The third-order valence-electron chi connectivity index (χ3n) is 0.980. The van der Waals surface area contributed by atoms with Gasteiger partial charge in [0.15, 0.2) is 0 Å². The molecule has 0 unspecified atom stereocenters. The average molecular weight is 142 g/mol. The molecular formula is C5H6N2OS. The first kappa shape index (κ1) is 6.22. The van der Waals surface area contributed by atoms with E-state index < -0.39 is 5.91 Å². The van der Waals surface area contributed by atoms with Gasteiger partial charge in [-0.05, 0) is 24.0 Å². The van der Waals surface area contributed by atoms with E-state index in [4.69, 9.17) is 5.73 Å². The van der Waals surface area contributed by atoms with Crippen LogP contribution in [0.15, 0.2) is 5.38 Å². The summed E-state index contributed by atoms with van der Waals surface area (Å²) >= 11 is 1.24. The molecule has 0 fully saturated rings. The molecule has 0 radical (unpaired) electrons. The van der Waals surface area contributed by atoms with Crippen molar-refractivity contribution >= 4 is 17.4 Å². The second-order valence-electron chi connectivity index (χ2n) is 1.71. The molecule has 1 amide bonds. The lowest BCUT2D eigenvalue weighted by atomic mass is 10.3. The van der Waals surface area contributed by atoms with Crippen LogP contribution in [-0.4, -0.2) is 10.3 Å². The number of nitrogens with zero attached hydrogens (tertiary/aromatic N) is 1. The number of amides is 1. The zero-order valence-corrected chi connectivity index (χ0v) is 5.73. The number of nitrogens with two attached hydrogens (primary N) is 1. The number of primary amides is 1. The van der Waals surface area contributed by atoms with Crippen molar-refractivity contribution in [1.29, 1.82) is 0 Å². The fourth-order valence-corrected chi connectivity index (χ4v) is 1.19. The molecule has 0 aliphatic heterocycles. The normalized spacial score (nSPS) is 9.44. The fraction of sp³-hybridized carbons (Fsp3) is 0.200. The number of carbonyl (C=O) groups is 1. The van der Waals surface area contributed by atoms with Crippen molar-refractivity contribution in [2.75, 3.05) is 0 Å². The van der Waals surface area contributed by atoms with E-state index >= 15 is 0 Å². The smallest absolute Gasteiger partial charge is 0.268 e. The molecule has 1 heterocycles. The highest BCUT2D eigenvalue weighted by Crippen LogP contribution is 2.06. The third-order valence-corrected chi connectivity index (χ3v) is 1.73. The molecule has 0 aliphatic rings. The van der Waals surface area contributed by atoms with Crippen LogP contribution < -0.4 is 5.73 Å². The molecule has 0 saturated heterocycles. The van der Waals surface area contributed by atoms with E-state index in [0.717, 1.165) is 5.56 Å². The maximum absolute atomic E-state index is 10.4. The van der Waals surface area contributed by atoms with Gasteiger partial charge in [0.25, 0.3) is 5.91 Å². The topological polar surface area (TPSA) is 56.0 Å². The molecule has 0 saturated carbocycles. The number of aromatic nitrogens is 1. The van der Waals surface area contributed by atoms with E-state index in [1.54, 1.807) is 5.38 Å². The summed E-state index contributed by atoms with van der Waals surface area (Å²) in [4.78, 5) is 10.4. The Kier molecular flexibility index (Phi) is 1.48. The predicted octanol–water partition coefficient (Wildman–Crippen LogP) is 0.550. The van der Waals surface area contributed by atoms with Gasteiger partial charge in [-0.25, -0.2) is 0 Å². The molecule has 1 aromatic heterocycles. The van der Waals surface area contributed by atoms with Gasteiger partial charge in [-0.3, -0.25) is 4.79 Å². The lowest BCUT2D eigenvalue weighted by molar-refractivity contribution is 0.0996. The molecule has 4 heteroatoms. The average Bonchev–Trinajstić information content (AvgIpc) is 2.13. The van der Waals surface area contributed by atoms with Crippen molar-refractivity contribution in [1.82, 2.24) is 4.37 Å². The highest BCUT2D eigenvalue weighted by atomic mass is 32.1. The summed E-state index contributed by atoms with van der Waals surface area (Å²) < 4.78 is 3.78. The maximum Gasteiger partial charge on any atom is 0.268 e. The molecular weight excluding hydrogens is 136 g/mol. The molecule has 9 heavy (non-hydrogen) atoms. The first-order chi connectivity index (χ1) is 4.22. The van der Waals surface area contributed by atoms with E-state index in [1.807, 2.05) is 6.92 Å². The molecule has 2 N–H and O–H groups in total. The molecule has 3 nitrogen and oxygen atoms in total. The highest BCUT2D eigenvalue weighted by molar-refractivity contribution is 7.03. The van der Waals surface area contributed by atoms with Crippen molar-refractivity contribution in [2.45, 2.75) is 6.92 Å². The van der Waals surface area contributed by atoms with Gasteiger partial charge in [-0.15, -0.1) is 0 Å². The van der Waals surface area contributed by atoms with E-state index in [-0.39, 0.29) is 0 Å². The largest absolute Gasteiger partial charge is 0.364 e. The van der Waals surface area contributed by atoms with Gasteiger partial charge in [0.2, 0.25) is 0 Å². The molecule has 0 aromatic carbocycles. The number of carbonyl (C=O) groups excluding carboxylic acids is 1. The van der Waals surface area contributed by atoms with Crippen LogP contribution >= 0.6 is 11.5 Å². The molecule has 0 atom stereocenters. The SMILES string of the molecule is Cc1csnc1C(N)=O. The maximum atomic E-state index is 10.4. The minimum Gasteiger partial charge on any atom is -0.364 e. The summed E-state index contributed by atoms with van der Waals surface area (Å²) in [6, 6.07) is 0. The molecule has 1 aromatic rings. The highest BCUT2D eigenvalue weighted by Gasteiger charge is 2.05. The number of rotatable bonds is 1. The lowest BCUT2D eigenvalue weighted by Crippen LogP contribution is -2.12. The number of hydrogen-bond acceptors (Lipinski definition) is 3. The molecule has 48 valence electrons. The van der Waals surface area contributed by atoms with Gasteiger partial charge < -0.3 is 5.73 Å². The minimum atomic E-state index is -0.450. The fourth-order valence-electron chi connectivity index (χ4n) is 0.525. The van der Waals surface area contributed by atoms with Crippen LogP contribution in [0.4, 0.5) is 0 Å². The van der Waals surface area contributed by atoms with Gasteiger partial charge in [-0.2, -0.15) is 4.37 Å². The summed E-state index contributed by atoms with van der Waals surface area (Å²) in [5.74, 6) is -0.450. The molecule has 0 spiro atoms. The molecule has 0 aliphatic carbocycles. The first-order valence-electron chi connectivity index (χ1n) is 2.42. The molecule has 0 bridgehead atoms. The Bertz CT molecular complexity index is 231. The van der Waals surface area contributed by atoms with Crippen molar-refractivity contribution in [3.8, 4) is 0 Å². The van der Waals surface area contributed by atoms with Crippen molar-refractivity contribution < 1.29 is 4.79 Å². The van der Waals surface area contributed by atoms with Crippen molar-refractivity contribution in [3.05, 3.63) is 16.6 Å². The van der Waals surface area contributed by atoms with Crippen LogP contribution in [-0.2, 0) is 0 Å². The Morgan fingerprint density at radius 3 is 2.78 bits per heavy atom. The van der Waals surface area contributed by atoms with Gasteiger partial charge in [0, 0.05) is 5.38 Å².